The van der Waals surface area contributed by atoms with Crippen molar-refractivity contribution in [1.29, 1.82) is 0 Å². The minimum absolute atomic E-state index is 0.0788. The third kappa shape index (κ3) is 5.65. The van der Waals surface area contributed by atoms with E-state index in [4.69, 9.17) is 5.11 Å². The molecule has 0 spiro atoms. The van der Waals surface area contributed by atoms with Crippen molar-refractivity contribution in [2.45, 2.75) is 19.8 Å². The van der Waals surface area contributed by atoms with Gasteiger partial charge in [0, 0.05) is 4.47 Å². The van der Waals surface area contributed by atoms with Crippen molar-refractivity contribution in [3.05, 3.63) is 28.2 Å². The standard InChI is InChI=1S/C13H16BrNO3S/c1-2-3-6-19-8-12(16)15-11-5-4-9(13(17)18)7-10(11)14/h4-5,7H,2-3,6,8H2,1H3,(H,15,16)(H,17,18). The van der Waals surface area contributed by atoms with Gasteiger partial charge in [0.1, 0.15) is 0 Å². The summed E-state index contributed by atoms with van der Waals surface area (Å²) in [5.74, 6) is 0.314. The van der Waals surface area contributed by atoms with E-state index in [9.17, 15) is 9.59 Å². The summed E-state index contributed by atoms with van der Waals surface area (Å²) in [6, 6.07) is 4.53. The van der Waals surface area contributed by atoms with Gasteiger partial charge in [-0.3, -0.25) is 4.79 Å². The summed E-state index contributed by atoms with van der Waals surface area (Å²) in [6.45, 7) is 2.11. The fourth-order valence-corrected chi connectivity index (χ4v) is 2.72. The Morgan fingerprint density at radius 2 is 2.16 bits per heavy atom. The molecule has 0 unspecified atom stereocenters. The van der Waals surface area contributed by atoms with E-state index in [1.54, 1.807) is 17.8 Å². The lowest BCUT2D eigenvalue weighted by Gasteiger charge is -2.08. The van der Waals surface area contributed by atoms with Crippen LogP contribution in [0.1, 0.15) is 30.1 Å². The van der Waals surface area contributed by atoms with E-state index in [0.717, 1.165) is 18.6 Å². The predicted octanol–water partition coefficient (Wildman–Crippen LogP) is 3.62. The van der Waals surface area contributed by atoms with Crippen LogP contribution in [-0.2, 0) is 4.79 Å². The van der Waals surface area contributed by atoms with Gasteiger partial charge >= 0.3 is 5.97 Å². The smallest absolute Gasteiger partial charge is 0.335 e. The normalized spacial score (nSPS) is 10.2. The van der Waals surface area contributed by atoms with Gasteiger partial charge in [0.05, 0.1) is 17.0 Å². The van der Waals surface area contributed by atoms with Crippen molar-refractivity contribution in [2.24, 2.45) is 0 Å². The van der Waals surface area contributed by atoms with Crippen LogP contribution in [0.5, 0.6) is 0 Å². The number of aromatic carboxylic acids is 1. The first kappa shape index (κ1) is 16.0. The highest BCUT2D eigenvalue weighted by Gasteiger charge is 2.09. The van der Waals surface area contributed by atoms with Gasteiger partial charge < -0.3 is 10.4 Å². The lowest BCUT2D eigenvalue weighted by molar-refractivity contribution is -0.113. The molecule has 0 heterocycles. The van der Waals surface area contributed by atoms with Crippen LogP contribution in [0, 0.1) is 0 Å². The first-order valence-electron chi connectivity index (χ1n) is 5.95. The molecule has 0 saturated carbocycles. The molecule has 1 aromatic rings. The molecule has 0 aliphatic rings. The molecule has 4 nitrogen and oxygen atoms in total. The number of carbonyl (C=O) groups excluding carboxylic acids is 1. The minimum atomic E-state index is -0.992. The minimum Gasteiger partial charge on any atom is -0.478 e. The molecular formula is C13H16BrNO3S. The van der Waals surface area contributed by atoms with E-state index < -0.39 is 5.97 Å². The van der Waals surface area contributed by atoms with Crippen LogP contribution >= 0.6 is 27.7 Å². The van der Waals surface area contributed by atoms with Crippen LogP contribution in [0.15, 0.2) is 22.7 Å². The molecule has 1 aromatic carbocycles. The van der Waals surface area contributed by atoms with E-state index in [2.05, 4.69) is 28.2 Å². The Hall–Kier alpha value is -1.01. The van der Waals surface area contributed by atoms with Gasteiger partial charge in [0.2, 0.25) is 5.91 Å². The van der Waals surface area contributed by atoms with Gasteiger partial charge in [-0.05, 0) is 46.3 Å². The van der Waals surface area contributed by atoms with Crippen LogP contribution in [0.3, 0.4) is 0 Å². The number of carbonyl (C=O) groups is 2. The molecule has 0 saturated heterocycles. The number of anilines is 1. The highest BCUT2D eigenvalue weighted by molar-refractivity contribution is 9.10. The van der Waals surface area contributed by atoms with Crippen molar-refractivity contribution < 1.29 is 14.7 Å². The Kier molecular flexibility index (Phi) is 6.94. The number of nitrogens with one attached hydrogen (secondary N) is 1. The van der Waals surface area contributed by atoms with Crippen LogP contribution in [0.2, 0.25) is 0 Å². The summed E-state index contributed by atoms with van der Waals surface area (Å²) >= 11 is 4.85. The number of unbranched alkanes of at least 4 members (excludes halogenated alkanes) is 1. The molecule has 0 aliphatic heterocycles. The molecule has 1 amide bonds. The van der Waals surface area contributed by atoms with Gasteiger partial charge in [0.25, 0.3) is 0 Å². The molecule has 0 bridgehead atoms. The van der Waals surface area contributed by atoms with Gasteiger partial charge in [-0.15, -0.1) is 0 Å². The summed E-state index contributed by atoms with van der Waals surface area (Å²) < 4.78 is 0.569. The third-order valence-electron chi connectivity index (χ3n) is 2.37. The number of halogens is 1. The lowest BCUT2D eigenvalue weighted by Crippen LogP contribution is -2.15. The quantitative estimate of drug-likeness (QED) is 0.740. The van der Waals surface area contributed by atoms with Crippen molar-refractivity contribution in [1.82, 2.24) is 0 Å². The predicted molar refractivity (Wildman–Crippen MR) is 82.0 cm³/mol. The molecule has 0 fully saturated rings. The van der Waals surface area contributed by atoms with Crippen molar-refractivity contribution in [3.63, 3.8) is 0 Å². The zero-order chi connectivity index (χ0) is 14.3. The molecular weight excluding hydrogens is 330 g/mol. The monoisotopic (exact) mass is 345 g/mol. The third-order valence-corrected chi connectivity index (χ3v) is 4.07. The van der Waals surface area contributed by atoms with Crippen LogP contribution in [0.4, 0.5) is 5.69 Å². The summed E-state index contributed by atoms with van der Waals surface area (Å²) in [6.07, 6.45) is 2.23. The molecule has 104 valence electrons. The van der Waals surface area contributed by atoms with Gasteiger partial charge in [-0.25, -0.2) is 4.79 Å². The van der Waals surface area contributed by atoms with E-state index in [1.807, 2.05) is 0 Å². The second-order valence-corrected chi connectivity index (χ2v) is 5.91. The van der Waals surface area contributed by atoms with E-state index in [-0.39, 0.29) is 11.5 Å². The highest BCUT2D eigenvalue weighted by atomic mass is 79.9. The number of hydrogen-bond donors (Lipinski definition) is 2. The number of benzene rings is 1. The number of carboxylic acid groups (broad SMARTS) is 1. The number of amides is 1. The summed E-state index contributed by atoms with van der Waals surface area (Å²) in [5, 5.41) is 11.6. The Labute approximate surface area is 125 Å². The topological polar surface area (TPSA) is 66.4 Å². The highest BCUT2D eigenvalue weighted by Crippen LogP contribution is 2.24. The maximum Gasteiger partial charge on any atom is 0.335 e. The van der Waals surface area contributed by atoms with E-state index in [1.165, 1.54) is 12.1 Å². The molecule has 0 aromatic heterocycles. The molecule has 0 atom stereocenters. The molecule has 1 rings (SSSR count). The van der Waals surface area contributed by atoms with E-state index in [0.29, 0.717) is 15.9 Å². The lowest BCUT2D eigenvalue weighted by atomic mass is 10.2. The molecule has 0 aliphatic carbocycles. The average Bonchev–Trinajstić information content (AvgIpc) is 2.37. The van der Waals surface area contributed by atoms with E-state index >= 15 is 0 Å². The number of hydrogen-bond acceptors (Lipinski definition) is 3. The summed E-state index contributed by atoms with van der Waals surface area (Å²) in [5.41, 5.74) is 0.772. The Morgan fingerprint density at radius 3 is 2.74 bits per heavy atom. The largest absolute Gasteiger partial charge is 0.478 e. The number of carboxylic acids is 1. The summed E-state index contributed by atoms with van der Waals surface area (Å²) in [7, 11) is 0. The van der Waals surface area contributed by atoms with Gasteiger partial charge in [0.15, 0.2) is 0 Å². The van der Waals surface area contributed by atoms with Crippen molar-refractivity contribution in [3.8, 4) is 0 Å². The van der Waals surface area contributed by atoms with Crippen LogP contribution < -0.4 is 5.32 Å². The molecule has 19 heavy (non-hydrogen) atoms. The zero-order valence-electron chi connectivity index (χ0n) is 10.6. The Balaban J connectivity index is 2.52. The number of thioether (sulfide) groups is 1. The van der Waals surface area contributed by atoms with Crippen LogP contribution in [0.25, 0.3) is 0 Å². The maximum absolute atomic E-state index is 11.7. The van der Waals surface area contributed by atoms with Gasteiger partial charge in [-0.1, -0.05) is 13.3 Å². The second-order valence-electron chi connectivity index (χ2n) is 3.95. The SMILES string of the molecule is CCCCSCC(=O)Nc1ccc(C(=O)O)cc1Br. The van der Waals surface area contributed by atoms with Crippen molar-refractivity contribution >= 4 is 45.3 Å². The Bertz CT molecular complexity index is 465. The van der Waals surface area contributed by atoms with Crippen LogP contribution in [-0.4, -0.2) is 28.5 Å². The fourth-order valence-electron chi connectivity index (χ4n) is 1.35. The number of rotatable bonds is 7. The second kappa shape index (κ2) is 8.22. The summed E-state index contributed by atoms with van der Waals surface area (Å²) in [4.78, 5) is 22.5. The maximum atomic E-state index is 11.7. The Morgan fingerprint density at radius 1 is 1.42 bits per heavy atom. The molecule has 6 heteroatoms. The fraction of sp³-hybridized carbons (Fsp3) is 0.385. The zero-order valence-corrected chi connectivity index (χ0v) is 13.0. The average molecular weight is 346 g/mol. The van der Waals surface area contributed by atoms with Gasteiger partial charge in [-0.2, -0.15) is 11.8 Å². The molecule has 0 radical (unpaired) electrons. The first-order valence-corrected chi connectivity index (χ1v) is 7.89. The first-order chi connectivity index (χ1) is 9.04. The molecule has 2 N–H and O–H groups in total. The van der Waals surface area contributed by atoms with Crippen molar-refractivity contribution in [2.75, 3.05) is 16.8 Å².